The fraction of sp³-hybridized carbons (Fsp3) is 0.0769. The van der Waals surface area contributed by atoms with Crippen LogP contribution in [-0.2, 0) is 5.75 Å². The van der Waals surface area contributed by atoms with Crippen LogP contribution in [0.4, 0.5) is 17.6 Å². The van der Waals surface area contributed by atoms with Crippen molar-refractivity contribution in [1.29, 1.82) is 0 Å². The van der Waals surface area contributed by atoms with Crippen LogP contribution in [0.5, 0.6) is 0 Å². The molecule has 5 heteroatoms. The van der Waals surface area contributed by atoms with Gasteiger partial charge < -0.3 is 0 Å². The van der Waals surface area contributed by atoms with Crippen LogP contribution < -0.4 is 0 Å². The maximum atomic E-state index is 13.3. The minimum atomic E-state index is -0.937. The van der Waals surface area contributed by atoms with Crippen molar-refractivity contribution in [2.24, 2.45) is 0 Å². The predicted molar refractivity (Wildman–Crippen MR) is 62.3 cm³/mol. The molecule has 0 aromatic heterocycles. The fourth-order valence-corrected chi connectivity index (χ4v) is 2.30. The molecule has 0 fully saturated rings. The molecule has 0 aliphatic heterocycles. The fourth-order valence-electron chi connectivity index (χ4n) is 1.41. The van der Waals surface area contributed by atoms with Gasteiger partial charge in [0.25, 0.3) is 0 Å². The van der Waals surface area contributed by atoms with Crippen LogP contribution >= 0.6 is 11.8 Å². The highest BCUT2D eigenvalue weighted by Gasteiger charge is 2.10. The molecular formula is C13H8F4S. The van der Waals surface area contributed by atoms with Gasteiger partial charge >= 0.3 is 0 Å². The minimum absolute atomic E-state index is 0.0755. The van der Waals surface area contributed by atoms with Gasteiger partial charge in [0.2, 0.25) is 0 Å². The maximum Gasteiger partial charge on any atom is 0.162 e. The highest BCUT2D eigenvalue weighted by molar-refractivity contribution is 7.98. The van der Waals surface area contributed by atoms with E-state index < -0.39 is 23.3 Å². The van der Waals surface area contributed by atoms with Crippen LogP contribution in [0.15, 0.2) is 41.3 Å². The van der Waals surface area contributed by atoms with Gasteiger partial charge in [-0.15, -0.1) is 11.8 Å². The van der Waals surface area contributed by atoms with E-state index in [4.69, 9.17) is 0 Å². The smallest absolute Gasteiger partial charge is 0.162 e. The van der Waals surface area contributed by atoms with Crippen LogP contribution in [0.2, 0.25) is 0 Å². The van der Waals surface area contributed by atoms with Crippen molar-refractivity contribution in [3.8, 4) is 0 Å². The third-order valence-corrected chi connectivity index (χ3v) is 3.41. The molecule has 0 aliphatic carbocycles. The highest BCUT2D eigenvalue weighted by atomic mass is 32.2. The lowest BCUT2D eigenvalue weighted by atomic mass is 10.2. The molecule has 2 rings (SSSR count). The van der Waals surface area contributed by atoms with Crippen LogP contribution in [-0.4, -0.2) is 0 Å². The van der Waals surface area contributed by atoms with Crippen LogP contribution in [0.25, 0.3) is 0 Å². The molecule has 0 amide bonds. The summed E-state index contributed by atoms with van der Waals surface area (Å²) in [5.74, 6) is -3.18. The minimum Gasteiger partial charge on any atom is -0.207 e. The van der Waals surface area contributed by atoms with E-state index in [-0.39, 0.29) is 16.2 Å². The highest BCUT2D eigenvalue weighted by Crippen LogP contribution is 2.27. The first kappa shape index (κ1) is 13.0. The SMILES string of the molecule is Fc1ccc(SCc2cccc(F)c2F)c(F)c1. The van der Waals surface area contributed by atoms with E-state index in [1.807, 2.05) is 0 Å². The maximum absolute atomic E-state index is 13.3. The number of hydrogen-bond acceptors (Lipinski definition) is 1. The van der Waals surface area contributed by atoms with Crippen LogP contribution in [0, 0.1) is 23.3 Å². The summed E-state index contributed by atoms with van der Waals surface area (Å²) in [6.07, 6.45) is 0. The van der Waals surface area contributed by atoms with Crippen molar-refractivity contribution < 1.29 is 17.6 Å². The predicted octanol–water partition coefficient (Wildman–Crippen LogP) is 4.54. The molecule has 0 saturated heterocycles. The van der Waals surface area contributed by atoms with Gasteiger partial charge in [0.15, 0.2) is 11.6 Å². The van der Waals surface area contributed by atoms with Crippen molar-refractivity contribution in [1.82, 2.24) is 0 Å². The lowest BCUT2D eigenvalue weighted by Crippen LogP contribution is -1.92. The summed E-state index contributed by atoms with van der Waals surface area (Å²) in [4.78, 5) is 0.195. The summed E-state index contributed by atoms with van der Waals surface area (Å²) < 4.78 is 52.2. The Labute approximate surface area is 106 Å². The van der Waals surface area contributed by atoms with E-state index in [2.05, 4.69) is 0 Å². The number of hydrogen-bond donors (Lipinski definition) is 0. The molecule has 0 bridgehead atoms. The largest absolute Gasteiger partial charge is 0.207 e. The molecule has 0 aliphatic rings. The summed E-state index contributed by atoms with van der Waals surface area (Å²) in [6, 6.07) is 6.97. The Bertz CT molecular complexity index is 569. The summed E-state index contributed by atoms with van der Waals surface area (Å²) in [5, 5.41) is 0. The lowest BCUT2D eigenvalue weighted by Gasteiger charge is -2.05. The molecule has 0 atom stereocenters. The molecule has 0 nitrogen and oxygen atoms in total. The van der Waals surface area contributed by atoms with Crippen molar-refractivity contribution in [2.75, 3.05) is 0 Å². The first-order valence-corrected chi connectivity index (χ1v) is 6.07. The summed E-state index contributed by atoms with van der Waals surface area (Å²) in [5.41, 5.74) is 0.142. The molecule has 0 spiro atoms. The van der Waals surface area contributed by atoms with E-state index in [9.17, 15) is 17.6 Å². The molecule has 0 N–H and O–H groups in total. The molecule has 18 heavy (non-hydrogen) atoms. The van der Waals surface area contributed by atoms with E-state index in [0.717, 1.165) is 30.0 Å². The average molecular weight is 272 g/mol. The number of rotatable bonds is 3. The summed E-state index contributed by atoms with van der Waals surface area (Å²) in [6.45, 7) is 0. The lowest BCUT2D eigenvalue weighted by molar-refractivity contribution is 0.502. The first-order chi connectivity index (χ1) is 8.58. The second kappa shape index (κ2) is 5.44. The first-order valence-electron chi connectivity index (χ1n) is 5.08. The third-order valence-electron chi connectivity index (χ3n) is 2.31. The topological polar surface area (TPSA) is 0 Å². The molecule has 0 unspecified atom stereocenters. The molecule has 0 radical (unpaired) electrons. The van der Waals surface area contributed by atoms with Crippen molar-refractivity contribution >= 4 is 11.8 Å². The quantitative estimate of drug-likeness (QED) is 0.584. The molecule has 2 aromatic rings. The Hall–Kier alpha value is -1.49. The Kier molecular flexibility index (Phi) is 3.91. The molecule has 0 saturated carbocycles. The van der Waals surface area contributed by atoms with Gasteiger partial charge in [-0.3, -0.25) is 0 Å². The van der Waals surface area contributed by atoms with Gasteiger partial charge in [-0.1, -0.05) is 12.1 Å². The van der Waals surface area contributed by atoms with Crippen LogP contribution in [0.1, 0.15) is 5.56 Å². The molecule has 2 aromatic carbocycles. The Morgan fingerprint density at radius 2 is 1.67 bits per heavy atom. The summed E-state index contributed by atoms with van der Waals surface area (Å²) >= 11 is 0.983. The van der Waals surface area contributed by atoms with Crippen LogP contribution in [0.3, 0.4) is 0 Å². The van der Waals surface area contributed by atoms with E-state index in [1.54, 1.807) is 0 Å². The number of halogens is 4. The van der Waals surface area contributed by atoms with Crippen molar-refractivity contribution in [2.45, 2.75) is 10.6 Å². The normalized spacial score (nSPS) is 10.7. The van der Waals surface area contributed by atoms with Crippen molar-refractivity contribution in [3.63, 3.8) is 0 Å². The second-order valence-electron chi connectivity index (χ2n) is 3.58. The zero-order valence-corrected chi connectivity index (χ0v) is 9.91. The van der Waals surface area contributed by atoms with E-state index in [0.29, 0.717) is 0 Å². The van der Waals surface area contributed by atoms with Gasteiger partial charge in [0.05, 0.1) is 0 Å². The van der Waals surface area contributed by atoms with Gasteiger partial charge in [-0.05, 0) is 18.2 Å². The zero-order valence-electron chi connectivity index (χ0n) is 9.09. The monoisotopic (exact) mass is 272 g/mol. The Morgan fingerprint density at radius 1 is 0.889 bits per heavy atom. The zero-order chi connectivity index (χ0) is 13.1. The average Bonchev–Trinajstić information content (AvgIpc) is 2.33. The van der Waals surface area contributed by atoms with Crippen molar-refractivity contribution in [3.05, 3.63) is 65.2 Å². The third kappa shape index (κ3) is 2.85. The number of thioether (sulfide) groups is 1. The standard InChI is InChI=1S/C13H8F4S/c14-9-4-5-12(11(16)6-9)18-7-8-2-1-3-10(15)13(8)17/h1-6H,7H2. The molecule has 94 valence electrons. The van der Waals surface area contributed by atoms with Gasteiger partial charge in [-0.2, -0.15) is 0 Å². The van der Waals surface area contributed by atoms with Gasteiger partial charge in [0.1, 0.15) is 11.6 Å². The second-order valence-corrected chi connectivity index (χ2v) is 4.59. The van der Waals surface area contributed by atoms with Gasteiger partial charge in [-0.25, -0.2) is 17.6 Å². The Morgan fingerprint density at radius 3 is 2.39 bits per heavy atom. The molecule has 0 heterocycles. The number of benzene rings is 2. The summed E-state index contributed by atoms with van der Waals surface area (Å²) in [7, 11) is 0. The van der Waals surface area contributed by atoms with Gasteiger partial charge in [0, 0.05) is 22.3 Å². The Balaban J connectivity index is 2.14. The van der Waals surface area contributed by atoms with E-state index >= 15 is 0 Å². The molecular weight excluding hydrogens is 264 g/mol. The van der Waals surface area contributed by atoms with E-state index in [1.165, 1.54) is 18.2 Å².